The van der Waals surface area contributed by atoms with Crippen LogP contribution in [0.4, 0.5) is 5.69 Å². The molecule has 1 aromatic heterocycles. The number of para-hydroxylation sites is 1. The van der Waals surface area contributed by atoms with E-state index in [4.69, 9.17) is 11.6 Å². The minimum atomic E-state index is -0.443. The molecule has 5 nitrogen and oxygen atoms in total. The van der Waals surface area contributed by atoms with Gasteiger partial charge in [-0.2, -0.15) is 0 Å². The monoisotopic (exact) mass is 401 g/mol. The molecule has 1 N–H and O–H groups in total. The predicted molar refractivity (Wildman–Crippen MR) is 112 cm³/mol. The van der Waals surface area contributed by atoms with Crippen LogP contribution in [0.3, 0.4) is 0 Å². The summed E-state index contributed by atoms with van der Waals surface area (Å²) >= 11 is 7.23. The number of fused-ring (bicyclic) bond motifs is 1. The average Bonchev–Trinajstić information content (AvgIpc) is 2.61. The first kappa shape index (κ1) is 19.5. The van der Waals surface area contributed by atoms with E-state index in [1.807, 2.05) is 32.0 Å². The number of thioether (sulfide) groups is 1. The number of carbonyl (C=O) groups is 1. The SMILES string of the molecule is CC(Sc1nc2ccccc2c(=O)n1C(C)C)C(=O)Nc1cccc(Cl)c1. The number of anilines is 1. The van der Waals surface area contributed by atoms with Crippen molar-refractivity contribution >= 4 is 45.9 Å². The quantitative estimate of drug-likeness (QED) is 0.495. The molecule has 0 radical (unpaired) electrons. The Balaban J connectivity index is 1.89. The lowest BCUT2D eigenvalue weighted by atomic mass is 10.2. The van der Waals surface area contributed by atoms with Crippen molar-refractivity contribution in [2.24, 2.45) is 0 Å². The lowest BCUT2D eigenvalue weighted by Gasteiger charge is -2.18. The van der Waals surface area contributed by atoms with Crippen molar-refractivity contribution in [1.82, 2.24) is 9.55 Å². The third-order valence-electron chi connectivity index (χ3n) is 4.04. The van der Waals surface area contributed by atoms with Gasteiger partial charge in [0.25, 0.3) is 5.56 Å². The number of benzene rings is 2. The van der Waals surface area contributed by atoms with Crippen molar-refractivity contribution in [2.75, 3.05) is 5.32 Å². The highest BCUT2D eigenvalue weighted by atomic mass is 35.5. The third kappa shape index (κ3) is 4.34. The molecule has 27 heavy (non-hydrogen) atoms. The van der Waals surface area contributed by atoms with E-state index in [1.54, 1.807) is 41.8 Å². The van der Waals surface area contributed by atoms with Gasteiger partial charge in [-0.25, -0.2) is 4.98 Å². The molecule has 0 saturated carbocycles. The summed E-state index contributed by atoms with van der Waals surface area (Å²) in [5, 5.41) is 4.06. The molecule has 0 spiro atoms. The first-order valence-corrected chi connectivity index (χ1v) is 9.87. The number of nitrogens with zero attached hydrogens (tertiary/aromatic N) is 2. The molecule has 2 aromatic carbocycles. The predicted octanol–water partition coefficient (Wildman–Crippen LogP) is 4.75. The summed E-state index contributed by atoms with van der Waals surface area (Å²) in [6, 6.07) is 14.2. The van der Waals surface area contributed by atoms with Crippen LogP contribution in [0.5, 0.6) is 0 Å². The molecule has 7 heteroatoms. The number of nitrogens with one attached hydrogen (secondary N) is 1. The van der Waals surface area contributed by atoms with E-state index in [2.05, 4.69) is 10.3 Å². The number of rotatable bonds is 5. The maximum atomic E-state index is 12.9. The van der Waals surface area contributed by atoms with Crippen LogP contribution in [0.15, 0.2) is 58.5 Å². The molecule has 1 atom stereocenters. The fourth-order valence-electron chi connectivity index (χ4n) is 2.69. The first-order valence-electron chi connectivity index (χ1n) is 8.61. The highest BCUT2D eigenvalue weighted by molar-refractivity contribution is 8.00. The zero-order valence-electron chi connectivity index (χ0n) is 15.3. The number of aromatic nitrogens is 2. The van der Waals surface area contributed by atoms with Crippen molar-refractivity contribution in [3.8, 4) is 0 Å². The molecular weight excluding hydrogens is 382 g/mol. The Morgan fingerprint density at radius 3 is 2.59 bits per heavy atom. The van der Waals surface area contributed by atoms with E-state index in [9.17, 15) is 9.59 Å². The molecule has 0 aliphatic heterocycles. The molecule has 1 unspecified atom stereocenters. The van der Waals surface area contributed by atoms with Gasteiger partial charge >= 0.3 is 0 Å². The summed E-state index contributed by atoms with van der Waals surface area (Å²) < 4.78 is 1.64. The highest BCUT2D eigenvalue weighted by Crippen LogP contribution is 2.26. The Morgan fingerprint density at radius 1 is 1.15 bits per heavy atom. The Morgan fingerprint density at radius 2 is 1.89 bits per heavy atom. The van der Waals surface area contributed by atoms with Crippen LogP contribution in [0.2, 0.25) is 5.02 Å². The molecule has 140 valence electrons. The van der Waals surface area contributed by atoms with E-state index in [-0.39, 0.29) is 17.5 Å². The number of hydrogen-bond donors (Lipinski definition) is 1. The van der Waals surface area contributed by atoms with E-state index in [1.165, 1.54) is 11.8 Å². The number of hydrogen-bond acceptors (Lipinski definition) is 4. The first-order chi connectivity index (χ1) is 12.9. The molecule has 0 bridgehead atoms. The van der Waals surface area contributed by atoms with Crippen LogP contribution >= 0.6 is 23.4 Å². The zero-order chi connectivity index (χ0) is 19.6. The fourth-order valence-corrected chi connectivity index (χ4v) is 3.92. The van der Waals surface area contributed by atoms with Gasteiger partial charge in [-0.1, -0.05) is 41.6 Å². The maximum absolute atomic E-state index is 12.9. The summed E-state index contributed by atoms with van der Waals surface area (Å²) in [5.74, 6) is -0.181. The second-order valence-electron chi connectivity index (χ2n) is 6.44. The standard InChI is InChI=1S/C20H20ClN3O2S/c1-12(2)24-19(26)16-9-4-5-10-17(16)23-20(24)27-13(3)18(25)22-15-8-6-7-14(21)11-15/h4-13H,1-3H3,(H,22,25). The molecule has 0 fully saturated rings. The number of halogens is 1. The Bertz CT molecular complexity index is 1050. The molecule has 0 aliphatic rings. The normalized spacial score (nSPS) is 12.3. The van der Waals surface area contributed by atoms with Crippen LogP contribution < -0.4 is 10.9 Å². The largest absolute Gasteiger partial charge is 0.325 e. The molecule has 0 saturated heterocycles. The van der Waals surface area contributed by atoms with Gasteiger partial charge in [-0.3, -0.25) is 14.2 Å². The smallest absolute Gasteiger partial charge is 0.262 e. The molecule has 3 rings (SSSR count). The second-order valence-corrected chi connectivity index (χ2v) is 8.18. The summed E-state index contributed by atoms with van der Waals surface area (Å²) in [4.78, 5) is 30.1. The summed E-state index contributed by atoms with van der Waals surface area (Å²) in [5.41, 5.74) is 1.16. The zero-order valence-corrected chi connectivity index (χ0v) is 16.8. The van der Waals surface area contributed by atoms with Crippen molar-refractivity contribution in [3.05, 3.63) is 63.9 Å². The van der Waals surface area contributed by atoms with Crippen molar-refractivity contribution in [2.45, 2.75) is 37.2 Å². The highest BCUT2D eigenvalue weighted by Gasteiger charge is 2.20. The lowest BCUT2D eigenvalue weighted by molar-refractivity contribution is -0.115. The van der Waals surface area contributed by atoms with Gasteiger partial charge in [-0.05, 0) is 51.1 Å². The number of carbonyl (C=O) groups excluding carboxylic acids is 1. The Hall–Kier alpha value is -2.31. The summed E-state index contributed by atoms with van der Waals surface area (Å²) in [6.45, 7) is 5.65. The molecule has 1 amide bonds. The van der Waals surface area contributed by atoms with Gasteiger partial charge in [0.05, 0.1) is 16.2 Å². The summed E-state index contributed by atoms with van der Waals surface area (Å²) in [7, 11) is 0. The van der Waals surface area contributed by atoms with Gasteiger partial charge in [0.2, 0.25) is 5.91 Å². The lowest BCUT2D eigenvalue weighted by Crippen LogP contribution is -2.28. The van der Waals surface area contributed by atoms with Gasteiger partial charge in [0.15, 0.2) is 5.16 Å². The Labute approximate surface area is 166 Å². The van der Waals surface area contributed by atoms with Gasteiger partial charge in [0, 0.05) is 16.8 Å². The van der Waals surface area contributed by atoms with Crippen LogP contribution in [0.25, 0.3) is 10.9 Å². The van der Waals surface area contributed by atoms with Crippen molar-refractivity contribution < 1.29 is 4.79 Å². The molecule has 1 heterocycles. The summed E-state index contributed by atoms with van der Waals surface area (Å²) in [6.07, 6.45) is 0. The minimum Gasteiger partial charge on any atom is -0.325 e. The number of amides is 1. The third-order valence-corrected chi connectivity index (χ3v) is 5.34. The van der Waals surface area contributed by atoms with Gasteiger partial charge in [0.1, 0.15) is 0 Å². The van der Waals surface area contributed by atoms with E-state index < -0.39 is 5.25 Å². The average molecular weight is 402 g/mol. The van der Waals surface area contributed by atoms with Crippen LogP contribution in [-0.4, -0.2) is 20.7 Å². The Kier molecular flexibility index (Phi) is 5.87. The topological polar surface area (TPSA) is 64.0 Å². The maximum Gasteiger partial charge on any atom is 0.262 e. The van der Waals surface area contributed by atoms with E-state index >= 15 is 0 Å². The van der Waals surface area contributed by atoms with E-state index in [0.29, 0.717) is 26.8 Å². The van der Waals surface area contributed by atoms with Gasteiger partial charge < -0.3 is 5.32 Å². The van der Waals surface area contributed by atoms with Gasteiger partial charge in [-0.15, -0.1) is 0 Å². The van der Waals surface area contributed by atoms with Crippen LogP contribution in [-0.2, 0) is 4.79 Å². The fraction of sp³-hybridized carbons (Fsp3) is 0.250. The second kappa shape index (κ2) is 8.15. The van der Waals surface area contributed by atoms with Crippen LogP contribution in [0.1, 0.15) is 26.8 Å². The molecular formula is C20H20ClN3O2S. The minimum absolute atomic E-state index is 0.0692. The van der Waals surface area contributed by atoms with Crippen molar-refractivity contribution in [1.29, 1.82) is 0 Å². The molecule has 0 aliphatic carbocycles. The molecule has 3 aromatic rings. The van der Waals surface area contributed by atoms with E-state index in [0.717, 1.165) is 0 Å². The van der Waals surface area contributed by atoms with Crippen LogP contribution in [0, 0.1) is 0 Å². The van der Waals surface area contributed by atoms with Crippen molar-refractivity contribution in [3.63, 3.8) is 0 Å².